The van der Waals surface area contributed by atoms with Gasteiger partial charge in [-0.2, -0.15) is 0 Å². The number of rotatable bonds is 3. The summed E-state index contributed by atoms with van der Waals surface area (Å²) in [7, 11) is 0. The number of nitrogens with one attached hydrogen (secondary N) is 1. The number of aliphatic hydroxyl groups excluding tert-OH is 1. The van der Waals surface area contributed by atoms with Gasteiger partial charge in [0, 0.05) is 19.1 Å². The van der Waals surface area contributed by atoms with E-state index < -0.39 is 0 Å². The molecular formula is C25H42N2O3. The first-order chi connectivity index (χ1) is 14.4. The topological polar surface area (TPSA) is 61.8 Å². The summed E-state index contributed by atoms with van der Waals surface area (Å²) >= 11 is 0. The lowest BCUT2D eigenvalue weighted by Crippen LogP contribution is -2.56. The Bertz CT molecular complexity index is 650. The monoisotopic (exact) mass is 418 g/mol. The maximum absolute atomic E-state index is 12.8. The third-order valence-corrected chi connectivity index (χ3v) is 10.4. The van der Waals surface area contributed by atoms with Crippen LogP contribution in [0.15, 0.2) is 0 Å². The predicted octanol–water partition coefficient (Wildman–Crippen LogP) is 3.21. The zero-order valence-electron chi connectivity index (χ0n) is 19.1. The van der Waals surface area contributed by atoms with Crippen LogP contribution in [0.2, 0.25) is 0 Å². The molecule has 8 atom stereocenters. The van der Waals surface area contributed by atoms with E-state index in [-0.39, 0.29) is 17.4 Å². The van der Waals surface area contributed by atoms with Crippen molar-refractivity contribution in [1.29, 1.82) is 0 Å². The van der Waals surface area contributed by atoms with E-state index in [1.165, 1.54) is 38.5 Å². The number of carbonyl (C=O) groups excluding carboxylic acids is 1. The second-order valence-electron chi connectivity index (χ2n) is 11.7. The standard InChI is InChI=1S/C25H42N2O3/c1-24-9-7-18(28)15-17(24)3-4-19-20-5-6-22(25(20,2)10-8-21(19)24)26-23(29)16-27-11-13-30-14-12-27/h17-22,28H,3-16H2,1-2H3,(H,26,29)/t17-,18+,19+,20+,21+,22-,24-,25-/m0/s1. The van der Waals surface area contributed by atoms with Gasteiger partial charge in [-0.05, 0) is 92.3 Å². The van der Waals surface area contributed by atoms with E-state index in [1.54, 1.807) is 0 Å². The van der Waals surface area contributed by atoms with Gasteiger partial charge < -0.3 is 15.2 Å². The van der Waals surface area contributed by atoms with Crippen molar-refractivity contribution in [3.63, 3.8) is 0 Å². The molecule has 5 rings (SSSR count). The van der Waals surface area contributed by atoms with Gasteiger partial charge in [0.1, 0.15) is 0 Å². The minimum absolute atomic E-state index is 0.0639. The third-order valence-electron chi connectivity index (χ3n) is 10.4. The zero-order valence-corrected chi connectivity index (χ0v) is 19.1. The van der Waals surface area contributed by atoms with Crippen molar-refractivity contribution < 1.29 is 14.6 Å². The van der Waals surface area contributed by atoms with Crippen molar-refractivity contribution in [3.8, 4) is 0 Å². The summed E-state index contributed by atoms with van der Waals surface area (Å²) in [6, 6.07) is 0.343. The summed E-state index contributed by atoms with van der Waals surface area (Å²) in [6.45, 7) is 8.80. The number of hydrogen-bond acceptors (Lipinski definition) is 4. The van der Waals surface area contributed by atoms with Crippen molar-refractivity contribution in [2.45, 2.75) is 83.8 Å². The molecule has 1 saturated heterocycles. The van der Waals surface area contributed by atoms with Crippen molar-refractivity contribution in [2.75, 3.05) is 32.8 Å². The molecule has 5 aliphatic rings. The molecule has 170 valence electrons. The number of carbonyl (C=O) groups is 1. The number of amides is 1. The smallest absolute Gasteiger partial charge is 0.234 e. The molecule has 1 heterocycles. The van der Waals surface area contributed by atoms with Crippen LogP contribution in [0.1, 0.15) is 71.6 Å². The molecule has 0 unspecified atom stereocenters. The van der Waals surface area contributed by atoms with Crippen LogP contribution in [-0.4, -0.2) is 60.9 Å². The van der Waals surface area contributed by atoms with Crippen LogP contribution < -0.4 is 5.32 Å². The highest BCUT2D eigenvalue weighted by atomic mass is 16.5. The van der Waals surface area contributed by atoms with Crippen LogP contribution in [0, 0.1) is 34.5 Å². The van der Waals surface area contributed by atoms with Gasteiger partial charge in [-0.3, -0.25) is 9.69 Å². The van der Waals surface area contributed by atoms with Crippen LogP contribution in [-0.2, 0) is 9.53 Å². The van der Waals surface area contributed by atoms with Crippen LogP contribution in [0.25, 0.3) is 0 Å². The Balaban J connectivity index is 1.25. The third kappa shape index (κ3) is 3.53. The van der Waals surface area contributed by atoms with E-state index in [4.69, 9.17) is 4.74 Å². The quantitative estimate of drug-likeness (QED) is 0.739. The molecule has 30 heavy (non-hydrogen) atoms. The van der Waals surface area contributed by atoms with Crippen molar-refractivity contribution in [3.05, 3.63) is 0 Å². The molecule has 0 aromatic heterocycles. The lowest BCUT2D eigenvalue weighted by atomic mass is 9.45. The van der Waals surface area contributed by atoms with Gasteiger partial charge in [-0.15, -0.1) is 0 Å². The summed E-state index contributed by atoms with van der Waals surface area (Å²) in [5, 5.41) is 13.7. The largest absolute Gasteiger partial charge is 0.393 e. The van der Waals surface area contributed by atoms with Gasteiger partial charge in [-0.25, -0.2) is 0 Å². The van der Waals surface area contributed by atoms with E-state index in [9.17, 15) is 9.90 Å². The van der Waals surface area contributed by atoms with Crippen molar-refractivity contribution in [1.82, 2.24) is 10.2 Å². The second-order valence-corrected chi connectivity index (χ2v) is 11.7. The first-order valence-corrected chi connectivity index (χ1v) is 12.7. The summed E-state index contributed by atoms with van der Waals surface area (Å²) in [5.41, 5.74) is 0.695. The normalized spacial score (nSPS) is 49.0. The Morgan fingerprint density at radius 2 is 1.73 bits per heavy atom. The molecule has 5 nitrogen and oxygen atoms in total. The van der Waals surface area contributed by atoms with E-state index in [0.29, 0.717) is 18.0 Å². The number of hydrogen-bond donors (Lipinski definition) is 2. The lowest BCUT2D eigenvalue weighted by Gasteiger charge is -2.61. The highest BCUT2D eigenvalue weighted by Crippen LogP contribution is 2.66. The molecular weight excluding hydrogens is 376 g/mol. The highest BCUT2D eigenvalue weighted by molar-refractivity contribution is 5.78. The van der Waals surface area contributed by atoms with Gasteiger partial charge in [0.2, 0.25) is 5.91 Å². The Kier molecular flexibility index (Phi) is 5.69. The van der Waals surface area contributed by atoms with Crippen molar-refractivity contribution in [2.24, 2.45) is 34.5 Å². The molecule has 0 spiro atoms. The van der Waals surface area contributed by atoms with Crippen LogP contribution in [0.5, 0.6) is 0 Å². The molecule has 5 fully saturated rings. The van der Waals surface area contributed by atoms with Crippen LogP contribution in [0.4, 0.5) is 0 Å². The molecule has 4 aliphatic carbocycles. The van der Waals surface area contributed by atoms with E-state index >= 15 is 0 Å². The van der Waals surface area contributed by atoms with Gasteiger partial charge >= 0.3 is 0 Å². The predicted molar refractivity (Wildman–Crippen MR) is 117 cm³/mol. The van der Waals surface area contributed by atoms with E-state index in [0.717, 1.165) is 69.2 Å². The maximum atomic E-state index is 12.8. The number of aliphatic hydroxyl groups is 1. The fraction of sp³-hybridized carbons (Fsp3) is 0.960. The fourth-order valence-corrected chi connectivity index (χ4v) is 8.67. The van der Waals surface area contributed by atoms with Gasteiger partial charge in [0.15, 0.2) is 0 Å². The minimum Gasteiger partial charge on any atom is -0.393 e. The Hall–Kier alpha value is -0.650. The molecule has 4 saturated carbocycles. The fourth-order valence-electron chi connectivity index (χ4n) is 8.67. The summed E-state index contributed by atoms with van der Waals surface area (Å²) in [4.78, 5) is 15.0. The number of ether oxygens (including phenoxy) is 1. The highest BCUT2D eigenvalue weighted by Gasteiger charge is 2.60. The first kappa shape index (κ1) is 21.2. The number of morpholine rings is 1. The Morgan fingerprint density at radius 1 is 1.00 bits per heavy atom. The minimum atomic E-state index is -0.0639. The van der Waals surface area contributed by atoms with Crippen LogP contribution >= 0.6 is 0 Å². The van der Waals surface area contributed by atoms with Gasteiger partial charge in [0.25, 0.3) is 0 Å². The van der Waals surface area contributed by atoms with E-state index in [1.807, 2.05) is 0 Å². The summed E-state index contributed by atoms with van der Waals surface area (Å²) in [6.07, 6.45) is 10.8. The lowest BCUT2D eigenvalue weighted by molar-refractivity contribution is -0.131. The summed E-state index contributed by atoms with van der Waals surface area (Å²) < 4.78 is 5.42. The average molecular weight is 419 g/mol. The Morgan fingerprint density at radius 3 is 2.53 bits per heavy atom. The first-order valence-electron chi connectivity index (χ1n) is 12.7. The second kappa shape index (κ2) is 8.04. The number of nitrogens with zero attached hydrogens (tertiary/aromatic N) is 1. The molecule has 1 aliphatic heterocycles. The van der Waals surface area contributed by atoms with Crippen LogP contribution in [0.3, 0.4) is 0 Å². The summed E-state index contributed by atoms with van der Waals surface area (Å²) in [5.74, 6) is 3.33. The average Bonchev–Trinajstić information content (AvgIpc) is 3.05. The molecule has 0 radical (unpaired) electrons. The van der Waals surface area contributed by atoms with Gasteiger partial charge in [0.05, 0.1) is 25.9 Å². The van der Waals surface area contributed by atoms with Gasteiger partial charge in [-0.1, -0.05) is 13.8 Å². The molecule has 0 aromatic carbocycles. The molecule has 0 aromatic rings. The molecule has 5 heteroatoms. The molecule has 1 amide bonds. The zero-order chi connectivity index (χ0) is 20.9. The van der Waals surface area contributed by atoms with Crippen molar-refractivity contribution >= 4 is 5.91 Å². The molecule has 2 N–H and O–H groups in total. The number of fused-ring (bicyclic) bond motifs is 5. The maximum Gasteiger partial charge on any atom is 0.234 e. The SMILES string of the molecule is C[C@]12CC[C@@H](O)C[C@@H]1CC[C@H]1[C@H]2CC[C@]2(C)[C@@H](NC(=O)CN3CCOCC3)CC[C@H]12. The van der Waals surface area contributed by atoms with E-state index in [2.05, 4.69) is 24.1 Å². The Labute approximate surface area is 182 Å². The molecule has 0 bridgehead atoms.